The van der Waals surface area contributed by atoms with Gasteiger partial charge in [0.05, 0.1) is 33.2 Å². The number of rotatable bonds is 9. The zero-order valence-corrected chi connectivity index (χ0v) is 25.1. The summed E-state index contributed by atoms with van der Waals surface area (Å²) in [7, 11) is 0. The van der Waals surface area contributed by atoms with Crippen LogP contribution in [0.1, 0.15) is 41.4 Å². The molecule has 6 rings (SSSR count). The standard InChI is InChI=1S/C32H22Cl2N6O6/c33-17-3-5-19(21(13-17)31(43)44)29-37-23-11-15(27(35)41)1-7-25(23)39(29)9-10-40-26-8-2-16(28(36)42)12-24(26)38-30(40)20-6-4-18(34)14-22(20)32(45)46/h1-8,11-14H,9-10H2,(H2,35,41)(H2,36,42)(H,43,44)(H,45,46). The molecular formula is C32H22Cl2N6O6. The van der Waals surface area contributed by atoms with Gasteiger partial charge in [-0.15, -0.1) is 0 Å². The van der Waals surface area contributed by atoms with Crippen LogP contribution >= 0.6 is 23.2 Å². The van der Waals surface area contributed by atoms with Gasteiger partial charge < -0.3 is 30.8 Å². The number of nitrogens with zero attached hydrogens (tertiary/aromatic N) is 4. The number of aromatic nitrogens is 4. The molecule has 46 heavy (non-hydrogen) atoms. The number of aryl methyl sites for hydroxylation is 2. The highest BCUT2D eigenvalue weighted by Crippen LogP contribution is 2.33. The van der Waals surface area contributed by atoms with Crippen molar-refractivity contribution >= 4 is 69.0 Å². The van der Waals surface area contributed by atoms with Crippen LogP contribution in [-0.4, -0.2) is 53.1 Å². The van der Waals surface area contributed by atoms with E-state index in [-0.39, 0.29) is 68.2 Å². The van der Waals surface area contributed by atoms with Gasteiger partial charge in [0, 0.05) is 45.4 Å². The number of hydrogen-bond donors (Lipinski definition) is 4. The lowest BCUT2D eigenvalue weighted by atomic mass is 10.1. The Labute approximate surface area is 269 Å². The minimum Gasteiger partial charge on any atom is -0.478 e. The Morgan fingerprint density at radius 2 is 1.00 bits per heavy atom. The molecule has 0 spiro atoms. The van der Waals surface area contributed by atoms with Crippen molar-refractivity contribution in [2.24, 2.45) is 11.5 Å². The molecule has 14 heteroatoms. The lowest BCUT2D eigenvalue weighted by Crippen LogP contribution is -2.13. The number of carbonyl (C=O) groups excluding carboxylic acids is 2. The number of primary amides is 2. The van der Waals surface area contributed by atoms with E-state index < -0.39 is 23.8 Å². The molecule has 0 aliphatic carbocycles. The maximum Gasteiger partial charge on any atom is 0.336 e. The molecule has 2 aromatic heterocycles. The van der Waals surface area contributed by atoms with E-state index in [0.717, 1.165) is 0 Å². The lowest BCUT2D eigenvalue weighted by molar-refractivity contribution is 0.0686. The predicted octanol–water partition coefficient (Wildman–Crippen LogP) is 5.32. The molecule has 0 aliphatic heterocycles. The van der Waals surface area contributed by atoms with Crippen molar-refractivity contribution < 1.29 is 29.4 Å². The molecule has 230 valence electrons. The summed E-state index contributed by atoms with van der Waals surface area (Å²) in [6.07, 6.45) is 0. The van der Waals surface area contributed by atoms with Crippen molar-refractivity contribution in [1.82, 2.24) is 19.1 Å². The van der Waals surface area contributed by atoms with Crippen LogP contribution < -0.4 is 11.5 Å². The van der Waals surface area contributed by atoms with E-state index in [9.17, 15) is 29.4 Å². The maximum atomic E-state index is 12.2. The summed E-state index contributed by atoms with van der Waals surface area (Å²) in [5, 5.41) is 20.4. The Kier molecular flexibility index (Phi) is 7.68. The molecule has 0 radical (unpaired) electrons. The first kappa shape index (κ1) is 30.3. The highest BCUT2D eigenvalue weighted by molar-refractivity contribution is 6.31. The van der Waals surface area contributed by atoms with E-state index in [1.807, 2.05) is 0 Å². The SMILES string of the molecule is NC(=O)c1ccc2c(c1)nc(-c1ccc(Cl)cc1C(=O)O)n2CCn1c(-c2ccc(Cl)cc2C(=O)O)nc2cc(C(N)=O)ccc21. The third-order valence-corrected chi connectivity index (χ3v) is 7.99. The van der Waals surface area contributed by atoms with E-state index in [2.05, 4.69) is 0 Å². The highest BCUT2D eigenvalue weighted by Gasteiger charge is 2.23. The van der Waals surface area contributed by atoms with Crippen molar-refractivity contribution in [3.63, 3.8) is 0 Å². The molecule has 4 aromatic carbocycles. The number of hydrogen-bond acceptors (Lipinski definition) is 6. The van der Waals surface area contributed by atoms with Gasteiger partial charge in [-0.3, -0.25) is 9.59 Å². The summed E-state index contributed by atoms with van der Waals surface area (Å²) in [6.45, 7) is 0.352. The zero-order chi connectivity index (χ0) is 32.9. The van der Waals surface area contributed by atoms with Crippen molar-refractivity contribution in [2.45, 2.75) is 13.1 Å². The van der Waals surface area contributed by atoms with Crippen LogP contribution in [0.2, 0.25) is 10.0 Å². The van der Waals surface area contributed by atoms with E-state index in [1.54, 1.807) is 57.7 Å². The summed E-state index contributed by atoms with van der Waals surface area (Å²) >= 11 is 12.3. The summed E-state index contributed by atoms with van der Waals surface area (Å²) < 4.78 is 3.56. The zero-order valence-electron chi connectivity index (χ0n) is 23.6. The van der Waals surface area contributed by atoms with E-state index >= 15 is 0 Å². The number of benzene rings is 4. The number of fused-ring (bicyclic) bond motifs is 2. The van der Waals surface area contributed by atoms with Crippen LogP contribution in [0.3, 0.4) is 0 Å². The summed E-state index contributed by atoms with van der Waals surface area (Å²) in [5.74, 6) is -3.18. The van der Waals surface area contributed by atoms with Crippen LogP contribution in [0, 0.1) is 0 Å². The van der Waals surface area contributed by atoms with Gasteiger partial charge in [0.2, 0.25) is 11.8 Å². The molecular weight excluding hydrogens is 635 g/mol. The van der Waals surface area contributed by atoms with Crippen LogP contribution in [0.25, 0.3) is 44.8 Å². The Balaban J connectivity index is 1.56. The number of carboxylic acid groups (broad SMARTS) is 2. The molecule has 0 saturated heterocycles. The molecule has 6 N–H and O–H groups in total. The number of amides is 2. The molecule has 2 heterocycles. The molecule has 2 amide bonds. The Morgan fingerprint density at radius 3 is 1.35 bits per heavy atom. The first-order valence-electron chi connectivity index (χ1n) is 13.6. The van der Waals surface area contributed by atoms with Crippen LogP contribution in [0.5, 0.6) is 0 Å². The van der Waals surface area contributed by atoms with Crippen LogP contribution in [-0.2, 0) is 13.1 Å². The smallest absolute Gasteiger partial charge is 0.336 e. The number of aromatic carboxylic acids is 2. The monoisotopic (exact) mass is 656 g/mol. The van der Waals surface area contributed by atoms with E-state index in [4.69, 9.17) is 44.6 Å². The molecule has 0 fully saturated rings. The second-order valence-electron chi connectivity index (χ2n) is 10.3. The predicted molar refractivity (Wildman–Crippen MR) is 171 cm³/mol. The van der Waals surface area contributed by atoms with Crippen molar-refractivity contribution in [1.29, 1.82) is 0 Å². The molecule has 0 unspecified atom stereocenters. The van der Waals surface area contributed by atoms with Gasteiger partial charge in [-0.2, -0.15) is 0 Å². The second kappa shape index (κ2) is 11.7. The van der Waals surface area contributed by atoms with Crippen molar-refractivity contribution in [2.75, 3.05) is 0 Å². The Bertz CT molecular complexity index is 2120. The normalized spacial score (nSPS) is 11.3. The third-order valence-electron chi connectivity index (χ3n) is 7.52. The Hall–Kier alpha value is -5.72. The van der Waals surface area contributed by atoms with E-state index in [1.165, 1.54) is 24.3 Å². The number of nitrogens with two attached hydrogens (primary N) is 2. The minimum atomic E-state index is -1.22. The number of carbonyl (C=O) groups is 4. The van der Waals surface area contributed by atoms with Gasteiger partial charge in [-0.1, -0.05) is 23.2 Å². The molecule has 0 bridgehead atoms. The Morgan fingerprint density at radius 1 is 0.609 bits per heavy atom. The molecule has 12 nitrogen and oxygen atoms in total. The number of carboxylic acids is 2. The third kappa shape index (κ3) is 5.40. The fraction of sp³-hybridized carbons (Fsp3) is 0.0625. The molecule has 6 aromatic rings. The summed E-state index contributed by atoms with van der Waals surface area (Å²) in [4.78, 5) is 57.7. The first-order chi connectivity index (χ1) is 21.9. The second-order valence-corrected chi connectivity index (χ2v) is 11.2. The number of halogens is 2. The first-order valence-corrected chi connectivity index (χ1v) is 14.3. The van der Waals surface area contributed by atoms with Gasteiger partial charge in [-0.25, -0.2) is 19.6 Å². The van der Waals surface area contributed by atoms with Gasteiger partial charge in [-0.05, 0) is 72.8 Å². The van der Waals surface area contributed by atoms with Gasteiger partial charge in [0.1, 0.15) is 11.6 Å². The van der Waals surface area contributed by atoms with Crippen molar-refractivity contribution in [3.05, 3.63) is 105 Å². The van der Waals surface area contributed by atoms with Gasteiger partial charge in [0.25, 0.3) is 0 Å². The molecule has 0 saturated carbocycles. The lowest BCUT2D eigenvalue weighted by Gasteiger charge is -2.15. The van der Waals surface area contributed by atoms with Crippen LogP contribution in [0.4, 0.5) is 0 Å². The average Bonchev–Trinajstić information content (AvgIpc) is 3.56. The van der Waals surface area contributed by atoms with E-state index in [0.29, 0.717) is 22.1 Å². The maximum absolute atomic E-state index is 12.2. The van der Waals surface area contributed by atoms with Crippen molar-refractivity contribution in [3.8, 4) is 22.8 Å². The topological polar surface area (TPSA) is 196 Å². The summed E-state index contributed by atoms with van der Waals surface area (Å²) in [5.41, 5.74) is 13.8. The van der Waals surface area contributed by atoms with Gasteiger partial charge >= 0.3 is 11.9 Å². The average molecular weight is 657 g/mol. The summed E-state index contributed by atoms with van der Waals surface area (Å²) in [6, 6.07) is 18.3. The molecule has 0 aliphatic rings. The quantitative estimate of drug-likeness (QED) is 0.160. The molecule has 0 atom stereocenters. The largest absolute Gasteiger partial charge is 0.478 e. The van der Waals surface area contributed by atoms with Crippen LogP contribution in [0.15, 0.2) is 72.8 Å². The number of imidazole rings is 2. The van der Waals surface area contributed by atoms with Gasteiger partial charge in [0.15, 0.2) is 0 Å². The fourth-order valence-corrected chi connectivity index (χ4v) is 5.75. The minimum absolute atomic E-state index is 0.0841. The highest BCUT2D eigenvalue weighted by atomic mass is 35.5. The fourth-order valence-electron chi connectivity index (χ4n) is 5.41.